The van der Waals surface area contributed by atoms with Gasteiger partial charge in [-0.15, -0.1) is 11.3 Å². The van der Waals surface area contributed by atoms with Gasteiger partial charge in [-0.2, -0.15) is 0 Å². The smallest absolute Gasteiger partial charge is 0.270 e. The number of aromatic nitrogens is 1. The molecule has 0 bridgehead atoms. The molecule has 1 aliphatic heterocycles. The summed E-state index contributed by atoms with van der Waals surface area (Å²) < 4.78 is 11.9. The Morgan fingerprint density at radius 2 is 2.43 bits per heavy atom. The molecule has 1 aromatic carbocycles. The third kappa shape index (κ3) is 3.79. The predicted molar refractivity (Wildman–Crippen MR) is 91.9 cm³/mol. The number of hydrogen-bond donors (Lipinski definition) is 1. The van der Waals surface area contributed by atoms with Crippen LogP contribution in [-0.4, -0.2) is 37.4 Å². The van der Waals surface area contributed by atoms with Crippen LogP contribution in [-0.2, 0) is 6.42 Å². The molecule has 23 heavy (non-hydrogen) atoms. The second kappa shape index (κ2) is 7.23. The molecule has 0 saturated carbocycles. The summed E-state index contributed by atoms with van der Waals surface area (Å²) in [5.41, 5.74) is 1.64. The maximum Gasteiger partial charge on any atom is 0.270 e. The maximum absolute atomic E-state index is 12.1. The van der Waals surface area contributed by atoms with Crippen molar-refractivity contribution in [2.24, 2.45) is 5.92 Å². The van der Waals surface area contributed by atoms with Gasteiger partial charge in [0.15, 0.2) is 0 Å². The lowest BCUT2D eigenvalue weighted by atomic mass is 9.96. The molecule has 2 heterocycles. The van der Waals surface area contributed by atoms with Crippen LogP contribution in [0.2, 0.25) is 0 Å². The van der Waals surface area contributed by atoms with Crippen LogP contribution in [0.4, 0.5) is 0 Å². The first-order valence-corrected chi connectivity index (χ1v) is 9.37. The van der Waals surface area contributed by atoms with Crippen molar-refractivity contribution in [2.45, 2.75) is 10.8 Å². The van der Waals surface area contributed by atoms with Gasteiger partial charge in [-0.3, -0.25) is 4.79 Å². The van der Waals surface area contributed by atoms with Crippen molar-refractivity contribution in [1.82, 2.24) is 10.3 Å². The third-order valence-corrected chi connectivity index (χ3v) is 5.56. The molecule has 0 unspecified atom stereocenters. The number of carbonyl (C=O) groups is 1. The molecule has 0 radical (unpaired) electrons. The Balaban J connectivity index is 1.56. The highest BCUT2D eigenvalue weighted by molar-refractivity contribution is 8.00. The molecule has 1 amide bonds. The van der Waals surface area contributed by atoms with Crippen LogP contribution in [0.15, 0.2) is 27.9 Å². The van der Waals surface area contributed by atoms with Crippen LogP contribution in [0.3, 0.4) is 0 Å². The summed E-state index contributed by atoms with van der Waals surface area (Å²) in [4.78, 5) is 16.4. The Morgan fingerprint density at radius 1 is 1.57 bits per heavy atom. The van der Waals surface area contributed by atoms with E-state index in [2.05, 4.69) is 10.3 Å². The average Bonchev–Trinajstić information content (AvgIpc) is 3.08. The number of nitrogens with one attached hydrogen (secondary N) is 1. The number of thiazole rings is 1. The minimum Gasteiger partial charge on any atom is -0.497 e. The van der Waals surface area contributed by atoms with Gasteiger partial charge >= 0.3 is 0 Å². The molecule has 0 fully saturated rings. The van der Waals surface area contributed by atoms with Gasteiger partial charge < -0.3 is 14.8 Å². The number of methoxy groups -OCH3 is 1. The van der Waals surface area contributed by atoms with Crippen molar-refractivity contribution in [3.05, 3.63) is 34.8 Å². The minimum absolute atomic E-state index is 0.123. The first kappa shape index (κ1) is 16.1. The van der Waals surface area contributed by atoms with E-state index in [4.69, 9.17) is 9.47 Å². The van der Waals surface area contributed by atoms with Gasteiger partial charge in [-0.25, -0.2) is 4.98 Å². The Morgan fingerprint density at radius 3 is 3.17 bits per heavy atom. The van der Waals surface area contributed by atoms with Gasteiger partial charge in [0.05, 0.1) is 13.7 Å². The summed E-state index contributed by atoms with van der Waals surface area (Å²) in [6.07, 6.45) is 2.83. The first-order valence-electron chi connectivity index (χ1n) is 7.27. The normalized spacial score (nSPS) is 16.3. The zero-order chi connectivity index (χ0) is 16.2. The van der Waals surface area contributed by atoms with Crippen molar-refractivity contribution in [2.75, 3.05) is 26.5 Å². The fourth-order valence-electron chi connectivity index (χ4n) is 2.46. The number of fused-ring (bicyclic) bond motifs is 1. The topological polar surface area (TPSA) is 60.5 Å². The molecule has 1 atom stereocenters. The first-order chi connectivity index (χ1) is 11.2. The average molecular weight is 350 g/mol. The number of benzene rings is 1. The predicted octanol–water partition coefficient (Wildman–Crippen LogP) is 2.85. The van der Waals surface area contributed by atoms with E-state index in [0.29, 0.717) is 18.8 Å². The highest BCUT2D eigenvalue weighted by Gasteiger charge is 2.21. The fourth-order valence-corrected chi connectivity index (χ4v) is 3.70. The van der Waals surface area contributed by atoms with E-state index < -0.39 is 0 Å². The lowest BCUT2D eigenvalue weighted by Gasteiger charge is -2.25. The molecule has 0 aliphatic carbocycles. The summed E-state index contributed by atoms with van der Waals surface area (Å²) >= 11 is 3.03. The molecular formula is C16H18N2O3S2. The number of carbonyl (C=O) groups excluding carboxylic acids is 1. The molecule has 0 saturated heterocycles. The Bertz CT molecular complexity index is 702. The number of rotatable bonds is 5. The quantitative estimate of drug-likeness (QED) is 0.840. The fraction of sp³-hybridized carbons (Fsp3) is 0.375. The zero-order valence-corrected chi connectivity index (χ0v) is 14.6. The summed E-state index contributed by atoms with van der Waals surface area (Å²) in [5.74, 6) is 1.81. The standard InChI is InChI=1S/C16H18N2O3S2/c1-20-12-4-3-11-5-10(8-21-14(11)6-12)7-17-15(19)13-9-23-16(18-13)22-2/h3-4,6,9-10H,5,7-8H2,1-2H3,(H,17,19)/t10-/m1/s1. The highest BCUT2D eigenvalue weighted by Crippen LogP contribution is 2.30. The molecule has 2 aromatic rings. The number of nitrogens with zero attached hydrogens (tertiary/aromatic N) is 1. The van der Waals surface area contributed by atoms with Crippen LogP contribution in [0.5, 0.6) is 11.5 Å². The molecule has 0 spiro atoms. The van der Waals surface area contributed by atoms with Gasteiger partial charge in [-0.1, -0.05) is 17.8 Å². The molecule has 7 heteroatoms. The molecule has 5 nitrogen and oxygen atoms in total. The molecule has 1 aromatic heterocycles. The van der Waals surface area contributed by atoms with E-state index in [9.17, 15) is 4.79 Å². The summed E-state index contributed by atoms with van der Waals surface area (Å²) in [5, 5.41) is 4.74. The number of hydrogen-bond acceptors (Lipinski definition) is 6. The number of ether oxygens (including phenoxy) is 2. The van der Waals surface area contributed by atoms with Crippen molar-refractivity contribution in [3.63, 3.8) is 0 Å². The highest BCUT2D eigenvalue weighted by atomic mass is 32.2. The summed E-state index contributed by atoms with van der Waals surface area (Å²) in [7, 11) is 1.64. The van der Waals surface area contributed by atoms with E-state index in [1.807, 2.05) is 24.5 Å². The second-order valence-electron chi connectivity index (χ2n) is 5.27. The Kier molecular flexibility index (Phi) is 5.07. The van der Waals surface area contributed by atoms with Gasteiger partial charge in [0.25, 0.3) is 5.91 Å². The van der Waals surface area contributed by atoms with Crippen molar-refractivity contribution < 1.29 is 14.3 Å². The van der Waals surface area contributed by atoms with Crippen LogP contribution in [0.1, 0.15) is 16.1 Å². The van der Waals surface area contributed by atoms with E-state index >= 15 is 0 Å². The zero-order valence-electron chi connectivity index (χ0n) is 13.0. The molecular weight excluding hydrogens is 332 g/mol. The molecule has 3 rings (SSSR count). The lowest BCUT2D eigenvalue weighted by Crippen LogP contribution is -2.34. The molecule has 1 N–H and O–H groups in total. The minimum atomic E-state index is -0.123. The van der Waals surface area contributed by atoms with Crippen LogP contribution >= 0.6 is 23.1 Å². The number of amides is 1. The van der Waals surface area contributed by atoms with E-state index in [0.717, 1.165) is 27.8 Å². The van der Waals surface area contributed by atoms with Crippen LogP contribution in [0.25, 0.3) is 0 Å². The molecule has 1 aliphatic rings. The van der Waals surface area contributed by atoms with Crippen molar-refractivity contribution in [3.8, 4) is 11.5 Å². The van der Waals surface area contributed by atoms with E-state index in [-0.39, 0.29) is 11.8 Å². The van der Waals surface area contributed by atoms with Gasteiger partial charge in [0.1, 0.15) is 21.5 Å². The van der Waals surface area contributed by atoms with Crippen LogP contribution < -0.4 is 14.8 Å². The summed E-state index contributed by atoms with van der Waals surface area (Å²) in [6.45, 7) is 1.17. The lowest BCUT2D eigenvalue weighted by molar-refractivity contribution is 0.0934. The SMILES string of the molecule is COc1ccc2c(c1)OC[C@@H](CNC(=O)c1csc(SC)n1)C2. The van der Waals surface area contributed by atoms with E-state index in [1.165, 1.54) is 11.3 Å². The van der Waals surface area contributed by atoms with Gasteiger partial charge in [0, 0.05) is 23.9 Å². The van der Waals surface area contributed by atoms with Crippen molar-refractivity contribution in [1.29, 1.82) is 0 Å². The Labute approximate surface area is 143 Å². The van der Waals surface area contributed by atoms with Crippen LogP contribution in [0, 0.1) is 5.92 Å². The largest absolute Gasteiger partial charge is 0.497 e. The van der Waals surface area contributed by atoms with Gasteiger partial charge in [-0.05, 0) is 24.3 Å². The second-order valence-corrected chi connectivity index (χ2v) is 7.18. The van der Waals surface area contributed by atoms with Gasteiger partial charge in [0.2, 0.25) is 0 Å². The third-order valence-electron chi connectivity index (χ3n) is 3.70. The Hall–Kier alpha value is -1.73. The monoisotopic (exact) mass is 350 g/mol. The van der Waals surface area contributed by atoms with E-state index in [1.54, 1.807) is 24.3 Å². The molecule has 122 valence electrons. The van der Waals surface area contributed by atoms with Crippen molar-refractivity contribution >= 4 is 29.0 Å². The number of thioether (sulfide) groups is 1. The summed E-state index contributed by atoms with van der Waals surface area (Å²) in [6, 6.07) is 5.86. The maximum atomic E-state index is 12.1.